The molecule has 0 saturated carbocycles. The van der Waals surface area contributed by atoms with Crippen LogP contribution >= 0.6 is 0 Å². The smallest absolute Gasteiger partial charge is 0.228 e. The van der Waals surface area contributed by atoms with Crippen LogP contribution in [0.3, 0.4) is 0 Å². The first-order chi connectivity index (χ1) is 9.53. The summed E-state index contributed by atoms with van der Waals surface area (Å²) in [4.78, 5) is 12.4. The van der Waals surface area contributed by atoms with Gasteiger partial charge in [0.05, 0.1) is 10.8 Å². The molecule has 3 N–H and O–H groups in total. The van der Waals surface area contributed by atoms with Crippen LogP contribution in [0.2, 0.25) is 0 Å². The molecule has 0 aliphatic carbocycles. The molecule has 5 nitrogen and oxygen atoms in total. The van der Waals surface area contributed by atoms with Crippen LogP contribution in [0.4, 0.5) is 5.69 Å². The zero-order chi connectivity index (χ0) is 16.3. The number of hydrogen-bond donors (Lipinski definition) is 2. The number of sulfone groups is 1. The van der Waals surface area contributed by atoms with Crippen LogP contribution in [-0.2, 0) is 14.6 Å². The molecule has 1 aromatic rings. The lowest BCUT2D eigenvalue weighted by Gasteiger charge is -2.24. The van der Waals surface area contributed by atoms with Gasteiger partial charge in [-0.1, -0.05) is 20.8 Å². The maximum atomic E-state index is 12.2. The molecule has 0 spiro atoms. The van der Waals surface area contributed by atoms with Crippen molar-refractivity contribution in [3.63, 3.8) is 0 Å². The Morgan fingerprint density at radius 1 is 1.24 bits per heavy atom. The van der Waals surface area contributed by atoms with Crippen molar-refractivity contribution in [2.75, 3.05) is 18.1 Å². The predicted octanol–water partition coefficient (Wildman–Crippen LogP) is 2.04. The van der Waals surface area contributed by atoms with Crippen LogP contribution in [0.15, 0.2) is 29.2 Å². The Labute approximate surface area is 126 Å². The molecule has 6 heteroatoms. The number of carbonyl (C=O) groups is 1. The summed E-state index contributed by atoms with van der Waals surface area (Å²) in [5.41, 5.74) is 6.26. The maximum absolute atomic E-state index is 12.2. The molecule has 1 aromatic carbocycles. The molecule has 0 aliphatic heterocycles. The van der Waals surface area contributed by atoms with Gasteiger partial charge in [-0.3, -0.25) is 4.79 Å². The van der Waals surface area contributed by atoms with Crippen LogP contribution in [0.25, 0.3) is 0 Å². The summed E-state index contributed by atoms with van der Waals surface area (Å²) in [6.07, 6.45) is 1.84. The predicted molar refractivity (Wildman–Crippen MR) is 84.8 cm³/mol. The van der Waals surface area contributed by atoms with E-state index in [1.54, 1.807) is 12.1 Å². The average Bonchev–Trinajstić information content (AvgIpc) is 2.34. The Hall–Kier alpha value is -1.40. The van der Waals surface area contributed by atoms with Gasteiger partial charge in [0.25, 0.3) is 0 Å². The van der Waals surface area contributed by atoms with E-state index in [0.717, 1.165) is 6.26 Å². The van der Waals surface area contributed by atoms with Crippen molar-refractivity contribution in [3.05, 3.63) is 24.3 Å². The molecule has 0 radical (unpaired) electrons. The van der Waals surface area contributed by atoms with Crippen molar-refractivity contribution in [1.29, 1.82) is 0 Å². The fourth-order valence-corrected chi connectivity index (χ4v) is 2.68. The molecule has 0 heterocycles. The summed E-state index contributed by atoms with van der Waals surface area (Å²) in [7, 11) is -3.23. The van der Waals surface area contributed by atoms with E-state index in [1.165, 1.54) is 12.1 Å². The van der Waals surface area contributed by atoms with Gasteiger partial charge in [-0.2, -0.15) is 0 Å². The van der Waals surface area contributed by atoms with Crippen molar-refractivity contribution in [3.8, 4) is 0 Å². The Balaban J connectivity index is 2.78. The van der Waals surface area contributed by atoms with E-state index < -0.39 is 9.84 Å². The minimum absolute atomic E-state index is 0.0154. The summed E-state index contributed by atoms with van der Waals surface area (Å²) in [5.74, 6) is -0.404. The molecule has 0 bridgehead atoms. The molecule has 1 rings (SSSR count). The van der Waals surface area contributed by atoms with E-state index in [0.29, 0.717) is 12.1 Å². The topological polar surface area (TPSA) is 89.3 Å². The molecule has 1 amide bonds. The van der Waals surface area contributed by atoms with E-state index >= 15 is 0 Å². The number of hydrogen-bond acceptors (Lipinski definition) is 4. The highest BCUT2D eigenvalue weighted by Gasteiger charge is 2.23. The van der Waals surface area contributed by atoms with Gasteiger partial charge in [0.15, 0.2) is 9.84 Å². The lowest BCUT2D eigenvalue weighted by Crippen LogP contribution is -2.32. The van der Waals surface area contributed by atoms with E-state index in [9.17, 15) is 13.2 Å². The van der Waals surface area contributed by atoms with Crippen molar-refractivity contribution in [2.24, 2.45) is 17.1 Å². The number of amides is 1. The van der Waals surface area contributed by atoms with Crippen LogP contribution in [0.1, 0.15) is 27.2 Å². The summed E-state index contributed by atoms with van der Waals surface area (Å²) in [5, 5.41) is 2.78. The molecule has 1 atom stereocenters. The molecule has 1 unspecified atom stereocenters. The van der Waals surface area contributed by atoms with E-state index in [1.807, 2.05) is 0 Å². The quantitative estimate of drug-likeness (QED) is 0.870. The minimum Gasteiger partial charge on any atom is -0.330 e. The van der Waals surface area contributed by atoms with Gasteiger partial charge in [0, 0.05) is 18.5 Å². The second-order valence-electron chi connectivity index (χ2n) is 6.48. The lowest BCUT2D eigenvalue weighted by atomic mass is 9.84. The Bertz CT molecular complexity index is 586. The largest absolute Gasteiger partial charge is 0.330 e. The summed E-state index contributed by atoms with van der Waals surface area (Å²) >= 11 is 0. The molecule has 0 aliphatic rings. The minimum atomic E-state index is -3.23. The molecular formula is C15H24N2O3S. The summed E-state index contributed by atoms with van der Waals surface area (Å²) in [6, 6.07) is 6.12. The first kappa shape index (κ1) is 17.7. The van der Waals surface area contributed by atoms with Crippen LogP contribution in [0.5, 0.6) is 0 Å². The third kappa shape index (κ3) is 5.85. The van der Waals surface area contributed by atoms with Crippen molar-refractivity contribution < 1.29 is 13.2 Å². The van der Waals surface area contributed by atoms with Crippen LogP contribution < -0.4 is 11.1 Å². The van der Waals surface area contributed by atoms with Gasteiger partial charge >= 0.3 is 0 Å². The van der Waals surface area contributed by atoms with Gasteiger partial charge < -0.3 is 11.1 Å². The molecule has 0 aromatic heterocycles. The van der Waals surface area contributed by atoms with Crippen LogP contribution in [-0.4, -0.2) is 27.1 Å². The first-order valence-electron chi connectivity index (χ1n) is 6.84. The monoisotopic (exact) mass is 312 g/mol. The van der Waals surface area contributed by atoms with E-state index in [4.69, 9.17) is 5.73 Å². The van der Waals surface area contributed by atoms with Gasteiger partial charge in [-0.25, -0.2) is 8.42 Å². The second-order valence-corrected chi connectivity index (χ2v) is 8.50. The molecule has 118 valence electrons. The highest BCUT2D eigenvalue weighted by Crippen LogP contribution is 2.25. The van der Waals surface area contributed by atoms with Crippen LogP contribution in [0, 0.1) is 11.3 Å². The standard InChI is InChI=1S/C15H24N2O3S/c1-15(2,3)9-11(10-16)14(18)17-12-5-7-13(8-6-12)21(4,19)20/h5-8,11H,9-10,16H2,1-4H3,(H,17,18). The zero-order valence-electron chi connectivity index (χ0n) is 13.0. The Morgan fingerprint density at radius 2 is 1.76 bits per heavy atom. The van der Waals surface area contributed by atoms with E-state index in [2.05, 4.69) is 26.1 Å². The number of nitrogens with one attached hydrogen (secondary N) is 1. The number of carbonyl (C=O) groups excluding carboxylic acids is 1. The molecular weight excluding hydrogens is 288 g/mol. The highest BCUT2D eigenvalue weighted by atomic mass is 32.2. The van der Waals surface area contributed by atoms with Gasteiger partial charge in [-0.05, 0) is 36.1 Å². The number of nitrogens with two attached hydrogens (primary N) is 1. The van der Waals surface area contributed by atoms with E-state index in [-0.39, 0.29) is 28.7 Å². The summed E-state index contributed by atoms with van der Waals surface area (Å²) in [6.45, 7) is 6.46. The highest BCUT2D eigenvalue weighted by molar-refractivity contribution is 7.90. The average molecular weight is 312 g/mol. The van der Waals surface area contributed by atoms with Gasteiger partial charge in [0.1, 0.15) is 0 Å². The van der Waals surface area contributed by atoms with Gasteiger partial charge in [-0.15, -0.1) is 0 Å². The third-order valence-corrected chi connectivity index (χ3v) is 4.19. The molecule has 21 heavy (non-hydrogen) atoms. The lowest BCUT2D eigenvalue weighted by molar-refractivity contribution is -0.120. The molecule has 0 saturated heterocycles. The fraction of sp³-hybridized carbons (Fsp3) is 0.533. The van der Waals surface area contributed by atoms with Crippen molar-refractivity contribution >= 4 is 21.4 Å². The number of benzene rings is 1. The zero-order valence-corrected chi connectivity index (χ0v) is 13.8. The maximum Gasteiger partial charge on any atom is 0.228 e. The third-order valence-electron chi connectivity index (χ3n) is 3.06. The first-order valence-corrected chi connectivity index (χ1v) is 8.73. The Morgan fingerprint density at radius 3 is 2.14 bits per heavy atom. The fourth-order valence-electron chi connectivity index (χ4n) is 2.05. The Kier molecular flexibility index (Phi) is 5.53. The van der Waals surface area contributed by atoms with Crippen molar-refractivity contribution in [2.45, 2.75) is 32.1 Å². The number of anilines is 1. The second kappa shape index (κ2) is 6.58. The number of rotatable bonds is 5. The SMILES string of the molecule is CC(C)(C)CC(CN)C(=O)Nc1ccc(S(C)(=O)=O)cc1. The summed E-state index contributed by atoms with van der Waals surface area (Å²) < 4.78 is 22.7. The normalized spacial score (nSPS) is 13.8. The van der Waals surface area contributed by atoms with Gasteiger partial charge in [0.2, 0.25) is 5.91 Å². The van der Waals surface area contributed by atoms with Crippen molar-refractivity contribution in [1.82, 2.24) is 0 Å². The molecule has 0 fully saturated rings.